The van der Waals surface area contributed by atoms with Crippen LogP contribution in [0.15, 0.2) is 5.16 Å². The van der Waals surface area contributed by atoms with Crippen molar-refractivity contribution in [3.05, 3.63) is 0 Å². The number of thioether (sulfide) groups is 1. The van der Waals surface area contributed by atoms with Crippen LogP contribution in [0.3, 0.4) is 0 Å². The SMILES string of the molecule is CCN(CC)CCSC1C(=NO)C2CCC1C2. The highest BCUT2D eigenvalue weighted by atomic mass is 32.2. The fourth-order valence-corrected chi connectivity index (χ4v) is 4.79. The van der Waals surface area contributed by atoms with Gasteiger partial charge < -0.3 is 10.1 Å². The lowest BCUT2D eigenvalue weighted by atomic mass is 9.98. The molecule has 0 aromatic rings. The lowest BCUT2D eigenvalue weighted by Gasteiger charge is -2.24. The number of fused-ring (bicyclic) bond motifs is 2. The Morgan fingerprint density at radius 1 is 1.35 bits per heavy atom. The van der Waals surface area contributed by atoms with Crippen molar-refractivity contribution in [2.75, 3.05) is 25.4 Å². The lowest BCUT2D eigenvalue weighted by Crippen LogP contribution is -2.29. The van der Waals surface area contributed by atoms with Gasteiger partial charge in [-0.15, -0.1) is 0 Å². The molecule has 17 heavy (non-hydrogen) atoms. The molecule has 4 heteroatoms. The van der Waals surface area contributed by atoms with Crippen molar-refractivity contribution in [3.63, 3.8) is 0 Å². The molecule has 2 rings (SSSR count). The topological polar surface area (TPSA) is 35.8 Å². The summed E-state index contributed by atoms with van der Waals surface area (Å²) in [6, 6.07) is 0. The molecule has 0 spiro atoms. The third-order valence-corrected chi connectivity index (χ3v) is 5.73. The van der Waals surface area contributed by atoms with E-state index in [0.717, 1.165) is 37.0 Å². The van der Waals surface area contributed by atoms with Crippen molar-refractivity contribution < 1.29 is 5.21 Å². The van der Waals surface area contributed by atoms with Crippen LogP contribution in [0.1, 0.15) is 33.1 Å². The van der Waals surface area contributed by atoms with E-state index < -0.39 is 0 Å². The molecule has 3 atom stereocenters. The summed E-state index contributed by atoms with van der Waals surface area (Å²) in [7, 11) is 0. The van der Waals surface area contributed by atoms with Gasteiger partial charge in [-0.25, -0.2) is 0 Å². The Kier molecular flexibility index (Phi) is 4.74. The Labute approximate surface area is 109 Å². The third-order valence-electron chi connectivity index (χ3n) is 4.33. The molecule has 0 heterocycles. The maximum absolute atomic E-state index is 9.12. The van der Waals surface area contributed by atoms with Crippen molar-refractivity contribution in [2.45, 2.75) is 38.4 Å². The molecule has 3 unspecified atom stereocenters. The van der Waals surface area contributed by atoms with Gasteiger partial charge in [0.05, 0.1) is 5.71 Å². The summed E-state index contributed by atoms with van der Waals surface area (Å²) in [6.45, 7) is 7.85. The van der Waals surface area contributed by atoms with Gasteiger partial charge in [0.25, 0.3) is 0 Å². The fraction of sp³-hybridized carbons (Fsp3) is 0.923. The first-order valence-corrected chi connectivity index (χ1v) is 7.90. The maximum Gasteiger partial charge on any atom is 0.0734 e. The van der Waals surface area contributed by atoms with Crippen LogP contribution in [-0.2, 0) is 0 Å². The normalized spacial score (nSPS) is 34.1. The quantitative estimate of drug-likeness (QED) is 0.586. The minimum Gasteiger partial charge on any atom is -0.411 e. The smallest absolute Gasteiger partial charge is 0.0734 e. The van der Waals surface area contributed by atoms with Crippen molar-refractivity contribution in [1.82, 2.24) is 4.90 Å². The van der Waals surface area contributed by atoms with E-state index in [4.69, 9.17) is 5.21 Å². The van der Waals surface area contributed by atoms with Crippen LogP contribution in [0.4, 0.5) is 0 Å². The minimum atomic E-state index is 0.509. The molecule has 0 aliphatic heterocycles. The lowest BCUT2D eigenvalue weighted by molar-refractivity contribution is 0.313. The average molecular weight is 256 g/mol. The molecule has 98 valence electrons. The van der Waals surface area contributed by atoms with Crippen LogP contribution in [0.25, 0.3) is 0 Å². The second-order valence-corrected chi connectivity index (χ2v) is 6.36. The first kappa shape index (κ1) is 13.2. The molecule has 2 saturated carbocycles. The highest BCUT2D eigenvalue weighted by molar-refractivity contribution is 8.00. The van der Waals surface area contributed by atoms with Crippen LogP contribution in [0.5, 0.6) is 0 Å². The second-order valence-electron chi connectivity index (χ2n) is 5.11. The first-order valence-electron chi connectivity index (χ1n) is 6.85. The summed E-state index contributed by atoms with van der Waals surface area (Å²) >= 11 is 2.01. The molecule has 2 bridgehead atoms. The maximum atomic E-state index is 9.12. The molecule has 0 amide bonds. The largest absolute Gasteiger partial charge is 0.411 e. The monoisotopic (exact) mass is 256 g/mol. The molecule has 2 aliphatic rings. The molecule has 0 aromatic heterocycles. The number of hydrogen-bond acceptors (Lipinski definition) is 4. The van der Waals surface area contributed by atoms with Gasteiger partial charge in [0.15, 0.2) is 0 Å². The van der Waals surface area contributed by atoms with E-state index in [1.807, 2.05) is 11.8 Å². The molecule has 1 N–H and O–H groups in total. The zero-order valence-electron chi connectivity index (χ0n) is 10.9. The second kappa shape index (κ2) is 6.10. The van der Waals surface area contributed by atoms with Crippen LogP contribution in [0.2, 0.25) is 0 Å². The predicted molar refractivity (Wildman–Crippen MR) is 74.1 cm³/mol. The van der Waals surface area contributed by atoms with Crippen molar-refractivity contribution in [1.29, 1.82) is 0 Å². The zero-order valence-corrected chi connectivity index (χ0v) is 11.7. The summed E-state index contributed by atoms with van der Waals surface area (Å²) < 4.78 is 0. The van der Waals surface area contributed by atoms with Gasteiger partial charge in [0.1, 0.15) is 0 Å². The van der Waals surface area contributed by atoms with Gasteiger partial charge in [-0.2, -0.15) is 11.8 Å². The highest BCUT2D eigenvalue weighted by Crippen LogP contribution is 2.47. The molecule has 0 radical (unpaired) electrons. The molecule has 0 saturated heterocycles. The van der Waals surface area contributed by atoms with E-state index in [1.54, 1.807) is 0 Å². The van der Waals surface area contributed by atoms with E-state index in [-0.39, 0.29) is 0 Å². The molecule has 2 aliphatic carbocycles. The van der Waals surface area contributed by atoms with E-state index in [9.17, 15) is 0 Å². The Morgan fingerprint density at radius 3 is 2.76 bits per heavy atom. The van der Waals surface area contributed by atoms with Crippen molar-refractivity contribution in [3.8, 4) is 0 Å². The summed E-state index contributed by atoms with van der Waals surface area (Å²) in [5.74, 6) is 2.54. The van der Waals surface area contributed by atoms with Gasteiger partial charge in [-0.1, -0.05) is 19.0 Å². The summed E-state index contributed by atoms with van der Waals surface area (Å²) in [5.41, 5.74) is 1.09. The van der Waals surface area contributed by atoms with Crippen molar-refractivity contribution in [2.24, 2.45) is 17.0 Å². The van der Waals surface area contributed by atoms with Crippen LogP contribution in [0, 0.1) is 11.8 Å². The Bertz CT molecular complexity index is 279. The van der Waals surface area contributed by atoms with Gasteiger partial charge in [-0.05, 0) is 38.3 Å². The standard InChI is InChI=1S/C13H24N2OS/c1-3-15(4-2)7-8-17-13-11-6-5-10(9-11)12(13)14-16/h10-11,13,16H,3-9H2,1-2H3. The van der Waals surface area contributed by atoms with Crippen molar-refractivity contribution >= 4 is 17.5 Å². The van der Waals surface area contributed by atoms with Crippen LogP contribution < -0.4 is 0 Å². The first-order chi connectivity index (χ1) is 8.30. The number of hydrogen-bond donors (Lipinski definition) is 1. The number of rotatable bonds is 6. The van der Waals surface area contributed by atoms with Gasteiger partial charge in [0, 0.05) is 23.5 Å². The van der Waals surface area contributed by atoms with E-state index in [1.165, 1.54) is 19.3 Å². The van der Waals surface area contributed by atoms with E-state index >= 15 is 0 Å². The average Bonchev–Trinajstić information content (AvgIpc) is 2.95. The predicted octanol–water partition coefficient (Wildman–Crippen LogP) is 2.69. The number of nitrogens with zero attached hydrogens (tertiary/aromatic N) is 2. The van der Waals surface area contributed by atoms with E-state index in [0.29, 0.717) is 11.2 Å². The molecular weight excluding hydrogens is 232 g/mol. The Morgan fingerprint density at radius 2 is 2.12 bits per heavy atom. The van der Waals surface area contributed by atoms with Gasteiger partial charge in [-0.3, -0.25) is 0 Å². The summed E-state index contributed by atoms with van der Waals surface area (Å²) in [5, 5.41) is 13.2. The molecule has 2 fully saturated rings. The van der Waals surface area contributed by atoms with E-state index in [2.05, 4.69) is 23.9 Å². The Hall–Kier alpha value is -0.220. The Balaban J connectivity index is 1.79. The number of oxime groups is 1. The van der Waals surface area contributed by atoms with Gasteiger partial charge >= 0.3 is 0 Å². The van der Waals surface area contributed by atoms with Crippen LogP contribution >= 0.6 is 11.8 Å². The fourth-order valence-electron chi connectivity index (χ4n) is 3.24. The molecule has 0 aromatic carbocycles. The highest BCUT2D eigenvalue weighted by Gasteiger charge is 2.45. The minimum absolute atomic E-state index is 0.509. The van der Waals surface area contributed by atoms with Crippen LogP contribution in [-0.4, -0.2) is 46.5 Å². The molecular formula is C13H24N2OS. The third kappa shape index (κ3) is 2.79. The summed E-state index contributed by atoms with van der Waals surface area (Å²) in [4.78, 5) is 2.45. The zero-order chi connectivity index (χ0) is 12.3. The molecule has 3 nitrogen and oxygen atoms in total. The van der Waals surface area contributed by atoms with Gasteiger partial charge in [0.2, 0.25) is 0 Å². The summed E-state index contributed by atoms with van der Waals surface area (Å²) in [6.07, 6.45) is 3.85.